The van der Waals surface area contributed by atoms with Gasteiger partial charge in [-0.25, -0.2) is 0 Å². The highest BCUT2D eigenvalue weighted by atomic mass is 16.3. The first kappa shape index (κ1) is 16.8. The van der Waals surface area contributed by atoms with Crippen molar-refractivity contribution in [1.82, 2.24) is 4.90 Å². The number of amides is 2. The topological polar surface area (TPSA) is 72.9 Å². The second kappa shape index (κ2) is 7.25. The number of carbonyl (C=O) groups excluding carboxylic acids is 2. The molecular formula is C19H21N3O3. The fourth-order valence-corrected chi connectivity index (χ4v) is 2.87. The SMILES string of the molecule is Cc1ccc(NC(=O)C(=O)N2CCN(c3ccccc3)CC2)c(O)c1. The lowest BCUT2D eigenvalue weighted by molar-refractivity contribution is -0.143. The maximum atomic E-state index is 12.3. The van der Waals surface area contributed by atoms with Gasteiger partial charge in [-0.1, -0.05) is 24.3 Å². The molecule has 1 fully saturated rings. The van der Waals surface area contributed by atoms with Gasteiger partial charge in [0.15, 0.2) is 0 Å². The van der Waals surface area contributed by atoms with Crippen LogP contribution in [-0.2, 0) is 9.59 Å². The van der Waals surface area contributed by atoms with E-state index in [1.807, 2.05) is 37.3 Å². The summed E-state index contributed by atoms with van der Waals surface area (Å²) in [6, 6.07) is 14.9. The Morgan fingerprint density at radius 2 is 1.68 bits per heavy atom. The summed E-state index contributed by atoms with van der Waals surface area (Å²) in [6.45, 7) is 4.17. The molecule has 0 spiro atoms. The molecule has 0 radical (unpaired) electrons. The summed E-state index contributed by atoms with van der Waals surface area (Å²) in [4.78, 5) is 28.2. The number of anilines is 2. The van der Waals surface area contributed by atoms with E-state index in [4.69, 9.17) is 0 Å². The predicted molar refractivity (Wildman–Crippen MR) is 96.7 cm³/mol. The van der Waals surface area contributed by atoms with E-state index in [2.05, 4.69) is 10.2 Å². The second-order valence-corrected chi connectivity index (χ2v) is 6.09. The second-order valence-electron chi connectivity index (χ2n) is 6.09. The van der Waals surface area contributed by atoms with Gasteiger partial charge < -0.3 is 20.2 Å². The lowest BCUT2D eigenvalue weighted by atomic mass is 10.2. The summed E-state index contributed by atoms with van der Waals surface area (Å²) < 4.78 is 0. The van der Waals surface area contributed by atoms with Gasteiger partial charge in [-0.3, -0.25) is 9.59 Å². The fourth-order valence-electron chi connectivity index (χ4n) is 2.87. The van der Waals surface area contributed by atoms with Crippen LogP contribution in [0, 0.1) is 6.92 Å². The van der Waals surface area contributed by atoms with Crippen LogP contribution in [0.15, 0.2) is 48.5 Å². The van der Waals surface area contributed by atoms with Crippen LogP contribution in [0.5, 0.6) is 5.75 Å². The molecule has 130 valence electrons. The Morgan fingerprint density at radius 1 is 1.00 bits per heavy atom. The number of para-hydroxylation sites is 1. The number of hydrogen-bond donors (Lipinski definition) is 2. The Morgan fingerprint density at radius 3 is 2.32 bits per heavy atom. The largest absolute Gasteiger partial charge is 0.506 e. The van der Waals surface area contributed by atoms with Gasteiger partial charge in [0.05, 0.1) is 5.69 Å². The lowest BCUT2D eigenvalue weighted by Gasteiger charge is -2.35. The molecule has 1 aliphatic heterocycles. The van der Waals surface area contributed by atoms with E-state index in [0.29, 0.717) is 26.2 Å². The van der Waals surface area contributed by atoms with E-state index in [9.17, 15) is 14.7 Å². The van der Waals surface area contributed by atoms with Crippen molar-refractivity contribution < 1.29 is 14.7 Å². The molecule has 0 atom stereocenters. The van der Waals surface area contributed by atoms with E-state index in [0.717, 1.165) is 11.3 Å². The average Bonchev–Trinajstić information content (AvgIpc) is 2.64. The van der Waals surface area contributed by atoms with Crippen molar-refractivity contribution in [2.24, 2.45) is 0 Å². The maximum absolute atomic E-state index is 12.3. The molecule has 1 heterocycles. The summed E-state index contributed by atoms with van der Waals surface area (Å²) in [7, 11) is 0. The van der Waals surface area contributed by atoms with Crippen molar-refractivity contribution in [2.45, 2.75) is 6.92 Å². The Labute approximate surface area is 146 Å². The van der Waals surface area contributed by atoms with Crippen molar-refractivity contribution >= 4 is 23.2 Å². The van der Waals surface area contributed by atoms with Crippen molar-refractivity contribution in [3.63, 3.8) is 0 Å². The molecule has 2 aromatic rings. The first-order valence-electron chi connectivity index (χ1n) is 8.24. The smallest absolute Gasteiger partial charge is 0.314 e. The molecule has 2 amide bonds. The predicted octanol–water partition coefficient (Wildman–Crippen LogP) is 1.99. The number of carbonyl (C=O) groups is 2. The summed E-state index contributed by atoms with van der Waals surface area (Å²) in [6.07, 6.45) is 0. The molecular weight excluding hydrogens is 318 g/mol. The van der Waals surface area contributed by atoms with Crippen molar-refractivity contribution in [1.29, 1.82) is 0 Å². The summed E-state index contributed by atoms with van der Waals surface area (Å²) in [5, 5.41) is 12.3. The van der Waals surface area contributed by atoms with Crippen molar-refractivity contribution in [3.8, 4) is 5.75 Å². The molecule has 3 rings (SSSR count). The van der Waals surface area contributed by atoms with Crippen LogP contribution in [0.2, 0.25) is 0 Å². The van der Waals surface area contributed by atoms with E-state index in [1.165, 1.54) is 0 Å². The molecule has 0 aliphatic carbocycles. The Kier molecular flexibility index (Phi) is 4.88. The first-order valence-corrected chi connectivity index (χ1v) is 8.24. The number of rotatable bonds is 2. The molecule has 1 saturated heterocycles. The fraction of sp³-hybridized carbons (Fsp3) is 0.263. The molecule has 25 heavy (non-hydrogen) atoms. The van der Waals surface area contributed by atoms with E-state index in [-0.39, 0.29) is 11.4 Å². The molecule has 0 saturated carbocycles. The zero-order chi connectivity index (χ0) is 17.8. The molecule has 6 nitrogen and oxygen atoms in total. The van der Waals surface area contributed by atoms with E-state index >= 15 is 0 Å². The van der Waals surface area contributed by atoms with Crippen LogP contribution >= 0.6 is 0 Å². The minimum atomic E-state index is -0.729. The van der Waals surface area contributed by atoms with Gasteiger partial charge in [-0.2, -0.15) is 0 Å². The third kappa shape index (κ3) is 3.91. The number of phenols is 1. The Balaban J connectivity index is 1.57. The summed E-state index contributed by atoms with van der Waals surface area (Å²) in [5.41, 5.74) is 2.23. The molecule has 1 aliphatic rings. The zero-order valence-electron chi connectivity index (χ0n) is 14.1. The van der Waals surface area contributed by atoms with E-state index in [1.54, 1.807) is 23.1 Å². The van der Waals surface area contributed by atoms with Crippen molar-refractivity contribution in [3.05, 3.63) is 54.1 Å². The standard InChI is InChI=1S/C19H21N3O3/c1-14-7-8-16(17(23)13-14)20-18(24)19(25)22-11-9-21(10-12-22)15-5-3-2-4-6-15/h2-8,13,23H,9-12H2,1H3,(H,20,24). The minimum Gasteiger partial charge on any atom is -0.506 e. The number of phenolic OH excluding ortho intramolecular Hbond substituents is 1. The van der Waals surface area contributed by atoms with Gasteiger partial charge >= 0.3 is 11.8 Å². The number of benzene rings is 2. The highest BCUT2D eigenvalue weighted by Crippen LogP contribution is 2.24. The number of piperazine rings is 1. The molecule has 0 unspecified atom stereocenters. The molecule has 0 aromatic heterocycles. The third-order valence-electron chi connectivity index (χ3n) is 4.28. The number of aromatic hydroxyl groups is 1. The highest BCUT2D eigenvalue weighted by molar-refractivity contribution is 6.39. The first-order chi connectivity index (χ1) is 12.0. The van der Waals surface area contributed by atoms with Gasteiger partial charge in [0.1, 0.15) is 5.75 Å². The van der Waals surface area contributed by atoms with Gasteiger partial charge in [0.25, 0.3) is 0 Å². The summed E-state index contributed by atoms with van der Waals surface area (Å²) >= 11 is 0. The molecule has 6 heteroatoms. The highest BCUT2D eigenvalue weighted by Gasteiger charge is 2.26. The average molecular weight is 339 g/mol. The lowest BCUT2D eigenvalue weighted by Crippen LogP contribution is -2.51. The number of aryl methyl sites for hydroxylation is 1. The van der Waals surface area contributed by atoms with Crippen LogP contribution in [0.3, 0.4) is 0 Å². The number of nitrogens with one attached hydrogen (secondary N) is 1. The van der Waals surface area contributed by atoms with Crippen LogP contribution in [0.25, 0.3) is 0 Å². The van der Waals surface area contributed by atoms with Gasteiger partial charge in [0, 0.05) is 31.9 Å². The van der Waals surface area contributed by atoms with Crippen LogP contribution in [0.4, 0.5) is 11.4 Å². The van der Waals surface area contributed by atoms with Crippen LogP contribution in [0.1, 0.15) is 5.56 Å². The molecule has 2 aromatic carbocycles. The molecule has 2 N–H and O–H groups in total. The van der Waals surface area contributed by atoms with Gasteiger partial charge in [-0.15, -0.1) is 0 Å². The van der Waals surface area contributed by atoms with E-state index < -0.39 is 11.8 Å². The monoisotopic (exact) mass is 339 g/mol. The zero-order valence-corrected chi connectivity index (χ0v) is 14.1. The van der Waals surface area contributed by atoms with Gasteiger partial charge in [-0.05, 0) is 36.8 Å². The summed E-state index contributed by atoms with van der Waals surface area (Å²) in [5.74, 6) is -1.35. The van der Waals surface area contributed by atoms with Crippen LogP contribution in [-0.4, -0.2) is 48.0 Å². The van der Waals surface area contributed by atoms with Crippen molar-refractivity contribution in [2.75, 3.05) is 36.4 Å². The van der Waals surface area contributed by atoms with Crippen LogP contribution < -0.4 is 10.2 Å². The maximum Gasteiger partial charge on any atom is 0.314 e. The Hall–Kier alpha value is -3.02. The minimum absolute atomic E-state index is 0.0463. The normalized spacial score (nSPS) is 14.3. The molecule has 0 bridgehead atoms. The van der Waals surface area contributed by atoms with Gasteiger partial charge in [0.2, 0.25) is 0 Å². The Bertz CT molecular complexity index is 769. The number of nitrogens with zero attached hydrogens (tertiary/aromatic N) is 2. The quantitative estimate of drug-likeness (QED) is 0.648. The number of hydrogen-bond acceptors (Lipinski definition) is 4. The third-order valence-corrected chi connectivity index (χ3v) is 4.28.